The lowest BCUT2D eigenvalue weighted by atomic mass is 9.87. The number of carboxylic acid groups (broad SMARTS) is 1. The summed E-state index contributed by atoms with van der Waals surface area (Å²) in [6.45, 7) is 4.19. The van der Waals surface area contributed by atoms with Gasteiger partial charge in [-0.3, -0.25) is 0 Å². The molecule has 1 atom stereocenters. The minimum absolute atomic E-state index is 0.0684. The molecule has 36 heavy (non-hydrogen) atoms. The lowest BCUT2D eigenvalue weighted by Crippen LogP contribution is -2.53. The fourth-order valence-electron chi connectivity index (χ4n) is 4.48. The number of benzene rings is 2. The Morgan fingerprint density at radius 2 is 1.81 bits per heavy atom. The van der Waals surface area contributed by atoms with Crippen LogP contribution in [-0.4, -0.2) is 55.7 Å². The van der Waals surface area contributed by atoms with Gasteiger partial charge in [0.1, 0.15) is 17.3 Å². The van der Waals surface area contributed by atoms with Crippen LogP contribution in [0, 0.1) is 0 Å². The van der Waals surface area contributed by atoms with Crippen molar-refractivity contribution in [3.05, 3.63) is 42.5 Å². The Kier molecular flexibility index (Phi) is 9.68. The van der Waals surface area contributed by atoms with Crippen LogP contribution in [0.4, 0.5) is 11.4 Å². The van der Waals surface area contributed by atoms with Gasteiger partial charge in [-0.05, 0) is 37.3 Å². The van der Waals surface area contributed by atoms with Gasteiger partial charge in [0.25, 0.3) is 0 Å². The number of carbonyl (C=O) groups is 1. The number of nitrogens with one attached hydrogen (secondary N) is 1. The van der Waals surface area contributed by atoms with E-state index in [0.717, 1.165) is 31.4 Å². The molecule has 2 aromatic carbocycles. The standard InChI is InChI=1S/C26H36N2O6S2/c1-4-6-13-26(14-7-5-2)18-28(19-11-9-8-10-12-19)20-15-23(35-3)22(34-17-21(29)25(30)31)16-24(20)36(32,33)27-26/h8-12,15-16,21,27,29H,4-7,13-14,17-18H2,1-3H3,(H,30,31). The zero-order valence-corrected chi connectivity index (χ0v) is 22.7. The number of ether oxygens (including phenoxy) is 1. The molecule has 0 amide bonds. The molecule has 0 fully saturated rings. The molecule has 8 nitrogen and oxygen atoms in total. The van der Waals surface area contributed by atoms with E-state index in [2.05, 4.69) is 23.5 Å². The molecule has 1 heterocycles. The highest BCUT2D eigenvalue weighted by molar-refractivity contribution is 7.98. The Morgan fingerprint density at radius 3 is 2.36 bits per heavy atom. The number of rotatable bonds is 12. The number of hydrogen-bond acceptors (Lipinski definition) is 7. The van der Waals surface area contributed by atoms with E-state index in [1.807, 2.05) is 36.6 Å². The smallest absolute Gasteiger partial charge is 0.336 e. The van der Waals surface area contributed by atoms with Crippen LogP contribution in [0.5, 0.6) is 5.75 Å². The number of fused-ring (bicyclic) bond motifs is 1. The Bertz CT molecular complexity index is 1130. The zero-order valence-electron chi connectivity index (χ0n) is 21.1. The fraction of sp³-hybridized carbons (Fsp3) is 0.500. The maximum Gasteiger partial charge on any atom is 0.336 e. The third kappa shape index (κ3) is 6.53. The number of anilines is 2. The van der Waals surface area contributed by atoms with E-state index in [1.165, 1.54) is 17.8 Å². The SMILES string of the molecule is CCCCC1(CCCC)CN(c2ccccc2)c2cc(SC)c(OCC(O)C(=O)O)cc2S(=O)(=O)N1. The van der Waals surface area contributed by atoms with E-state index in [4.69, 9.17) is 9.84 Å². The zero-order chi connectivity index (χ0) is 26.3. The summed E-state index contributed by atoms with van der Waals surface area (Å²) in [7, 11) is -3.95. The molecule has 3 rings (SSSR count). The molecule has 0 aliphatic carbocycles. The molecule has 1 aliphatic rings. The molecule has 1 unspecified atom stereocenters. The Balaban J connectivity index is 2.19. The molecule has 10 heteroatoms. The molecular formula is C26H36N2O6S2. The number of para-hydroxylation sites is 1. The summed E-state index contributed by atoms with van der Waals surface area (Å²) in [5, 5.41) is 18.7. The topological polar surface area (TPSA) is 116 Å². The fourth-order valence-corrected chi connectivity index (χ4v) is 6.69. The van der Waals surface area contributed by atoms with Gasteiger partial charge in [-0.1, -0.05) is 57.7 Å². The molecule has 0 radical (unpaired) electrons. The quantitative estimate of drug-likeness (QED) is 0.332. The van der Waals surface area contributed by atoms with Gasteiger partial charge in [0.15, 0.2) is 6.10 Å². The summed E-state index contributed by atoms with van der Waals surface area (Å²) in [6, 6.07) is 13.0. The molecule has 2 aromatic rings. The first-order valence-corrected chi connectivity index (χ1v) is 15.0. The van der Waals surface area contributed by atoms with Crippen molar-refractivity contribution in [1.82, 2.24) is 4.72 Å². The Morgan fingerprint density at radius 1 is 1.17 bits per heavy atom. The number of nitrogens with zero attached hydrogens (tertiary/aromatic N) is 1. The summed E-state index contributed by atoms with van der Waals surface area (Å²) >= 11 is 1.36. The second-order valence-corrected chi connectivity index (χ2v) is 11.6. The van der Waals surface area contributed by atoms with E-state index in [0.29, 0.717) is 30.0 Å². The molecule has 0 aromatic heterocycles. The summed E-state index contributed by atoms with van der Waals surface area (Å²) in [5.74, 6) is -1.19. The van der Waals surface area contributed by atoms with Crippen molar-refractivity contribution < 1.29 is 28.2 Å². The number of thioether (sulfide) groups is 1. The first-order chi connectivity index (χ1) is 17.2. The van der Waals surface area contributed by atoms with Gasteiger partial charge in [-0.15, -0.1) is 11.8 Å². The highest BCUT2D eigenvalue weighted by Crippen LogP contribution is 2.44. The Hall–Kier alpha value is -2.27. The molecular weight excluding hydrogens is 500 g/mol. The van der Waals surface area contributed by atoms with Gasteiger partial charge in [0, 0.05) is 18.3 Å². The summed E-state index contributed by atoms with van der Waals surface area (Å²) in [4.78, 5) is 13.8. The minimum Gasteiger partial charge on any atom is -0.489 e. The average molecular weight is 537 g/mol. The van der Waals surface area contributed by atoms with E-state index in [9.17, 15) is 18.3 Å². The number of carboxylic acids is 1. The van der Waals surface area contributed by atoms with Crippen molar-refractivity contribution in [3.63, 3.8) is 0 Å². The number of aliphatic hydroxyl groups excluding tert-OH is 1. The number of unbranched alkanes of at least 4 members (excludes halogenated alkanes) is 2. The van der Waals surface area contributed by atoms with Crippen molar-refractivity contribution in [2.75, 3.05) is 24.3 Å². The van der Waals surface area contributed by atoms with Gasteiger partial charge in [0.05, 0.1) is 16.1 Å². The van der Waals surface area contributed by atoms with Gasteiger partial charge in [-0.2, -0.15) is 0 Å². The molecule has 3 N–H and O–H groups in total. The summed E-state index contributed by atoms with van der Waals surface area (Å²) < 4.78 is 36.4. The maximum atomic E-state index is 13.9. The molecule has 0 saturated carbocycles. The van der Waals surface area contributed by atoms with Crippen LogP contribution in [0.3, 0.4) is 0 Å². The van der Waals surface area contributed by atoms with Crippen molar-refractivity contribution in [3.8, 4) is 5.75 Å². The predicted molar refractivity (Wildman–Crippen MR) is 143 cm³/mol. The molecule has 198 valence electrons. The molecule has 0 spiro atoms. The third-order valence-electron chi connectivity index (χ3n) is 6.40. The lowest BCUT2D eigenvalue weighted by molar-refractivity contribution is -0.148. The van der Waals surface area contributed by atoms with Crippen LogP contribution in [0.25, 0.3) is 0 Å². The van der Waals surface area contributed by atoms with Gasteiger partial charge in [-0.25, -0.2) is 17.9 Å². The van der Waals surface area contributed by atoms with Gasteiger partial charge < -0.3 is 19.8 Å². The van der Waals surface area contributed by atoms with Crippen LogP contribution < -0.4 is 14.4 Å². The second kappa shape index (κ2) is 12.3. The minimum atomic E-state index is -3.95. The van der Waals surface area contributed by atoms with Crippen LogP contribution in [0.1, 0.15) is 52.4 Å². The molecule has 0 bridgehead atoms. The largest absolute Gasteiger partial charge is 0.489 e. The molecule has 1 aliphatic heterocycles. The highest BCUT2D eigenvalue weighted by atomic mass is 32.2. The third-order valence-corrected chi connectivity index (χ3v) is 8.77. The highest BCUT2D eigenvalue weighted by Gasteiger charge is 2.42. The lowest BCUT2D eigenvalue weighted by Gasteiger charge is -2.37. The summed E-state index contributed by atoms with van der Waals surface area (Å²) in [6.07, 6.45) is 5.23. The Labute approximate surface area is 218 Å². The van der Waals surface area contributed by atoms with E-state index in [-0.39, 0.29) is 10.6 Å². The maximum absolute atomic E-state index is 13.9. The molecule has 0 saturated heterocycles. The number of aliphatic hydroxyl groups is 1. The van der Waals surface area contributed by atoms with E-state index < -0.39 is 34.2 Å². The van der Waals surface area contributed by atoms with Crippen LogP contribution >= 0.6 is 11.8 Å². The average Bonchev–Trinajstić information content (AvgIpc) is 2.96. The number of aliphatic carboxylic acids is 1. The number of hydrogen-bond donors (Lipinski definition) is 3. The van der Waals surface area contributed by atoms with Crippen LogP contribution in [-0.2, 0) is 14.8 Å². The van der Waals surface area contributed by atoms with Crippen molar-refractivity contribution in [2.45, 2.75) is 73.8 Å². The van der Waals surface area contributed by atoms with Gasteiger partial charge >= 0.3 is 5.97 Å². The van der Waals surface area contributed by atoms with Crippen LogP contribution in [0.2, 0.25) is 0 Å². The first kappa shape index (κ1) is 28.3. The number of sulfonamides is 1. The van der Waals surface area contributed by atoms with Crippen molar-refractivity contribution in [2.24, 2.45) is 0 Å². The normalized spacial score (nSPS) is 17.2. The van der Waals surface area contributed by atoms with Crippen LogP contribution in [0.15, 0.2) is 52.3 Å². The van der Waals surface area contributed by atoms with E-state index >= 15 is 0 Å². The second-order valence-electron chi connectivity index (χ2n) is 9.15. The predicted octanol–water partition coefficient (Wildman–Crippen LogP) is 4.78. The van der Waals surface area contributed by atoms with E-state index in [1.54, 1.807) is 6.07 Å². The van der Waals surface area contributed by atoms with Crippen molar-refractivity contribution >= 4 is 39.1 Å². The van der Waals surface area contributed by atoms with Gasteiger partial charge in [0.2, 0.25) is 10.0 Å². The summed E-state index contributed by atoms with van der Waals surface area (Å²) in [5.41, 5.74) is 0.774. The van der Waals surface area contributed by atoms with Crippen molar-refractivity contribution in [1.29, 1.82) is 0 Å². The monoisotopic (exact) mass is 536 g/mol. The first-order valence-electron chi connectivity index (χ1n) is 12.3.